The van der Waals surface area contributed by atoms with Crippen molar-refractivity contribution in [2.75, 3.05) is 26.3 Å². The Morgan fingerprint density at radius 3 is 1.00 bits per heavy atom. The van der Waals surface area contributed by atoms with E-state index in [0.29, 0.717) is 6.42 Å². The average molecular weight is 1820 g/mol. The van der Waals surface area contributed by atoms with E-state index in [1.807, 2.05) is 0 Å². The third kappa shape index (κ3) is 45.7. The summed E-state index contributed by atoms with van der Waals surface area (Å²) < 4.78 is 0. The zero-order valence-corrected chi connectivity index (χ0v) is 74.5. The summed E-state index contributed by atoms with van der Waals surface area (Å²) in [5, 5.41) is 99.9. The number of hydrogen-bond acceptors (Lipinski definition) is 27. The number of carbonyl (C=O) groups is 22. The highest BCUT2D eigenvalue weighted by molar-refractivity contribution is 6.02. The van der Waals surface area contributed by atoms with Gasteiger partial charge in [0.1, 0.15) is 96.7 Å². The van der Waals surface area contributed by atoms with Crippen LogP contribution in [0.15, 0.2) is 0 Å². The predicted octanol–water partition coefficient (Wildman–Crippen LogP) is -9.44. The molecule has 0 radical (unpaired) electrons. The highest BCUT2D eigenvalue weighted by Crippen LogP contribution is 2.15. The van der Waals surface area contributed by atoms with Crippen molar-refractivity contribution in [3.05, 3.63) is 0 Å². The number of aliphatic hydroxyl groups is 3. The van der Waals surface area contributed by atoms with Crippen molar-refractivity contribution in [1.82, 2.24) is 90.4 Å². The lowest BCUT2D eigenvalue weighted by atomic mass is 10.0. The third-order valence-electron chi connectivity index (χ3n) is 19.0. The zero-order valence-electron chi connectivity index (χ0n) is 74.5. The molecule has 31 N–H and O–H groups in total. The molecule has 0 spiro atoms. The molecule has 0 saturated carbocycles. The first-order chi connectivity index (χ1) is 59.0. The molecule has 0 aliphatic heterocycles. The van der Waals surface area contributed by atoms with E-state index in [0.717, 1.165) is 20.8 Å². The molecule has 0 aromatic carbocycles. The van der Waals surface area contributed by atoms with Gasteiger partial charge in [-0.15, -0.1) is 0 Å². The standard InChI is InChI=1S/C78H135N21O28/c1-34(2)26-48(93-66(114)44(80)19-22-55(81)103)70(118)86-42(14)65(113)99-61(43(15)102)77(125)95-50(28-36(5)6)72(120)85-40(12)63(111)92-51(30-59(108)109)73(121)91-47(21-24-58(106)107)69(117)98-60(38(9)10)76(124)97-53(32-100)74(122)87-41(13)64(112)96-54(33-101)75(123)94-49(27-35(3)4)71(119)84-39(11)62(110)89-45(18-16-17-25-79)68(116)90-46(20-23-56(82)104)67(115)83-31-57(105)88-52(78(126)127)29-37(7)8/h34-54,60-61,100-102H,16-33,79-80H2,1-15H3,(H2,81,103)(H2,82,104)(H,83,115)(H,84,119)(H,85,120)(H,86,118)(H,87,122)(H,88,105)(H,89,110)(H,90,116)(H,91,121)(H,92,111)(H,93,114)(H,94,123)(H,95,125)(H,96,112)(H,97,124)(H,98,117)(H,99,113)(H,106,107)(H,108,109)(H,126,127)/t39-,40-,41-,42-,43+,44-,45-,46-,47-,48-,49-,50-,51-,52-,53-,54-,60-,61-/m0/s1. The topological polar surface area (TPSA) is 806 Å². The lowest BCUT2D eigenvalue weighted by Gasteiger charge is -2.28. The molecule has 0 aromatic rings. The van der Waals surface area contributed by atoms with Gasteiger partial charge >= 0.3 is 17.9 Å². The van der Waals surface area contributed by atoms with Crippen LogP contribution in [0.25, 0.3) is 0 Å². The van der Waals surface area contributed by atoms with Crippen LogP contribution in [0.1, 0.15) is 194 Å². The van der Waals surface area contributed by atoms with Gasteiger partial charge in [-0.2, -0.15) is 0 Å². The first kappa shape index (κ1) is 115. The van der Waals surface area contributed by atoms with Crippen molar-refractivity contribution >= 4 is 130 Å². The van der Waals surface area contributed by atoms with E-state index in [1.165, 1.54) is 27.7 Å². The fourth-order valence-corrected chi connectivity index (χ4v) is 11.9. The van der Waals surface area contributed by atoms with Crippen LogP contribution in [0.3, 0.4) is 0 Å². The number of nitrogens with one attached hydrogen (secondary N) is 17. The molecular formula is C78H135N21O28. The van der Waals surface area contributed by atoms with Crippen molar-refractivity contribution < 1.29 is 136 Å². The lowest BCUT2D eigenvalue weighted by molar-refractivity contribution is -0.142. The molecule has 0 rings (SSSR count). The number of aliphatic carboxylic acids is 3. The largest absolute Gasteiger partial charge is 0.481 e. The number of rotatable bonds is 62. The Balaban J connectivity index is 6.46. The van der Waals surface area contributed by atoms with Crippen LogP contribution in [0.5, 0.6) is 0 Å². The average Bonchev–Trinajstić information content (AvgIpc) is 0.856. The van der Waals surface area contributed by atoms with E-state index >= 15 is 0 Å². The van der Waals surface area contributed by atoms with Crippen LogP contribution in [-0.4, -0.2) is 296 Å². The van der Waals surface area contributed by atoms with Gasteiger partial charge in [0, 0.05) is 19.3 Å². The molecule has 0 heterocycles. The molecular weight excluding hydrogens is 1680 g/mol. The van der Waals surface area contributed by atoms with Gasteiger partial charge in [0.05, 0.1) is 38.3 Å². The number of hydrogen-bond donors (Lipinski definition) is 27. The molecule has 49 nitrogen and oxygen atoms in total. The second-order valence-electron chi connectivity index (χ2n) is 32.9. The molecule has 0 aliphatic carbocycles. The summed E-state index contributed by atoms with van der Waals surface area (Å²) in [6, 6.07) is -27.3. The molecule has 0 aromatic heterocycles. The Hall–Kier alpha value is -11.9. The number of primary amides is 2. The predicted molar refractivity (Wildman–Crippen MR) is 450 cm³/mol. The Labute approximate surface area is 735 Å². The minimum absolute atomic E-state index is 0.0671. The van der Waals surface area contributed by atoms with Gasteiger partial charge in [0.25, 0.3) is 0 Å². The van der Waals surface area contributed by atoms with Crippen LogP contribution in [0.4, 0.5) is 0 Å². The first-order valence-corrected chi connectivity index (χ1v) is 41.7. The molecule has 720 valence electrons. The summed E-state index contributed by atoms with van der Waals surface area (Å²) in [5.74, 6) is -26.4. The first-order valence-electron chi connectivity index (χ1n) is 41.7. The summed E-state index contributed by atoms with van der Waals surface area (Å²) in [6.07, 6.45) is -5.26. The smallest absolute Gasteiger partial charge is 0.326 e. The molecule has 127 heavy (non-hydrogen) atoms. The minimum atomic E-state index is -2.10. The van der Waals surface area contributed by atoms with Crippen LogP contribution < -0.4 is 113 Å². The molecule has 49 heteroatoms. The van der Waals surface area contributed by atoms with Gasteiger partial charge in [0.2, 0.25) is 112 Å². The van der Waals surface area contributed by atoms with Crippen molar-refractivity contribution in [2.45, 2.75) is 303 Å². The fraction of sp³-hybridized carbons (Fsp3) is 0.718. The van der Waals surface area contributed by atoms with Crippen molar-refractivity contribution in [3.8, 4) is 0 Å². The van der Waals surface area contributed by atoms with E-state index in [-0.39, 0.29) is 88.0 Å². The number of carboxylic acids is 3. The summed E-state index contributed by atoms with van der Waals surface area (Å²) in [4.78, 5) is 291. The fourth-order valence-electron chi connectivity index (χ4n) is 11.9. The van der Waals surface area contributed by atoms with E-state index in [1.54, 1.807) is 55.4 Å². The van der Waals surface area contributed by atoms with Gasteiger partial charge in [-0.25, -0.2) is 4.79 Å². The molecule has 19 amide bonds. The van der Waals surface area contributed by atoms with E-state index in [2.05, 4.69) is 90.4 Å². The number of aliphatic hydroxyl groups excluding tert-OH is 3. The van der Waals surface area contributed by atoms with Gasteiger partial charge in [-0.3, -0.25) is 101 Å². The van der Waals surface area contributed by atoms with Crippen molar-refractivity contribution in [1.29, 1.82) is 0 Å². The number of carbonyl (C=O) groups excluding carboxylic acids is 19. The van der Waals surface area contributed by atoms with Crippen LogP contribution in [0, 0.1) is 29.6 Å². The molecule has 0 saturated heterocycles. The summed E-state index contributed by atoms with van der Waals surface area (Å²) in [7, 11) is 0. The second-order valence-corrected chi connectivity index (χ2v) is 32.9. The molecule has 0 aliphatic rings. The quantitative estimate of drug-likeness (QED) is 0.0251. The normalized spacial score (nSPS) is 15.5. The Kier molecular flexibility index (Phi) is 53.0. The number of carboxylic acid groups (broad SMARTS) is 3. The maximum atomic E-state index is 14.1. The van der Waals surface area contributed by atoms with Crippen LogP contribution in [-0.2, 0) is 105 Å². The third-order valence-corrected chi connectivity index (χ3v) is 19.0. The van der Waals surface area contributed by atoms with E-state index < -0.39 is 290 Å². The van der Waals surface area contributed by atoms with Crippen molar-refractivity contribution in [3.63, 3.8) is 0 Å². The lowest BCUT2D eigenvalue weighted by Crippen LogP contribution is -2.62. The number of amides is 19. The minimum Gasteiger partial charge on any atom is -0.481 e. The highest BCUT2D eigenvalue weighted by Gasteiger charge is 2.40. The van der Waals surface area contributed by atoms with Gasteiger partial charge < -0.3 is 144 Å². The SMILES string of the molecule is CC(C)C[C@H](NC(=O)CNC(=O)[C@H](CCC(N)=O)NC(=O)[C@H](CCCCN)NC(=O)[C@H](C)NC(=O)[C@H](CC(C)C)NC(=O)[C@H](CO)NC(=O)[C@H](C)NC(=O)[C@H](CO)NC(=O)[C@@H](NC(=O)[C@H](CCC(=O)O)NC(=O)[C@H](CC(=O)O)NC(=O)[C@H](C)NC(=O)[C@H](CC(C)C)NC(=O)[C@@H](NC(=O)[C@H](C)NC(=O)[C@H](CC(C)C)NC(=O)[C@@H](N)CCC(N)=O)[C@@H](C)O)C(C)C)C(=O)O. The van der Waals surface area contributed by atoms with E-state index in [4.69, 9.17) is 22.9 Å². The molecule has 18 atom stereocenters. The van der Waals surface area contributed by atoms with Crippen LogP contribution >= 0.6 is 0 Å². The zero-order chi connectivity index (χ0) is 97.7. The molecule has 0 unspecified atom stereocenters. The Bertz CT molecular complexity index is 3790. The molecule has 0 fully saturated rings. The number of unbranched alkanes of at least 4 members (excludes halogenated alkanes) is 1. The summed E-state index contributed by atoms with van der Waals surface area (Å²) >= 11 is 0. The monoisotopic (exact) mass is 1810 g/mol. The van der Waals surface area contributed by atoms with Gasteiger partial charge in [-0.05, 0) is 135 Å². The number of nitrogens with two attached hydrogens (primary N) is 4. The maximum Gasteiger partial charge on any atom is 0.326 e. The maximum absolute atomic E-state index is 14.1. The highest BCUT2D eigenvalue weighted by atomic mass is 16.4. The van der Waals surface area contributed by atoms with Gasteiger partial charge in [-0.1, -0.05) is 69.2 Å². The summed E-state index contributed by atoms with van der Waals surface area (Å²) in [5.41, 5.74) is 22.0. The Morgan fingerprint density at radius 1 is 0.299 bits per heavy atom. The second kappa shape index (κ2) is 58.4. The van der Waals surface area contributed by atoms with Crippen LogP contribution in [0.2, 0.25) is 0 Å². The van der Waals surface area contributed by atoms with Gasteiger partial charge in [0.15, 0.2) is 0 Å². The van der Waals surface area contributed by atoms with Crippen molar-refractivity contribution in [2.24, 2.45) is 52.5 Å². The summed E-state index contributed by atoms with van der Waals surface area (Å²) in [6.45, 7) is 19.2. The van der Waals surface area contributed by atoms with E-state index in [9.17, 15) is 136 Å². The Morgan fingerprint density at radius 2 is 0.606 bits per heavy atom. The molecule has 0 bridgehead atoms.